The first-order valence-electron chi connectivity index (χ1n) is 8.80. The minimum absolute atomic E-state index is 0.123. The lowest BCUT2D eigenvalue weighted by atomic mass is 10.3. The molecule has 0 saturated heterocycles. The Bertz CT molecular complexity index is 1130. The second-order valence-electron chi connectivity index (χ2n) is 6.16. The van der Waals surface area contributed by atoms with Crippen LogP contribution >= 0.6 is 11.3 Å². The summed E-state index contributed by atoms with van der Waals surface area (Å²) in [5.74, 6) is 0.552. The van der Waals surface area contributed by atoms with E-state index < -0.39 is 11.2 Å². The Hall–Kier alpha value is -2.88. The molecule has 0 spiro atoms. The zero-order valence-electron chi connectivity index (χ0n) is 15.2. The molecule has 144 valence electrons. The number of aromatic nitrogens is 4. The summed E-state index contributed by atoms with van der Waals surface area (Å²) in [5, 5.41) is 1.81. The molecule has 9 nitrogen and oxygen atoms in total. The number of fused-ring (bicyclic) bond motifs is 1. The van der Waals surface area contributed by atoms with Crippen molar-refractivity contribution in [2.75, 3.05) is 17.2 Å². The number of H-pyrrole nitrogens is 2. The predicted molar refractivity (Wildman–Crippen MR) is 108 cm³/mol. The van der Waals surface area contributed by atoms with E-state index in [1.807, 2.05) is 13.8 Å². The SMILES string of the molecule is CCCCn1c(N)c(N(CC)Cc2nc3ccsc3c(=O)[nH]2)c(=O)[nH]c1=O. The number of nitrogens with zero attached hydrogens (tertiary/aromatic N) is 3. The molecule has 4 N–H and O–H groups in total. The van der Waals surface area contributed by atoms with E-state index in [2.05, 4.69) is 15.0 Å². The zero-order valence-corrected chi connectivity index (χ0v) is 16.1. The van der Waals surface area contributed by atoms with Gasteiger partial charge in [-0.3, -0.25) is 19.1 Å². The lowest BCUT2D eigenvalue weighted by Gasteiger charge is -2.24. The molecule has 0 aliphatic carbocycles. The van der Waals surface area contributed by atoms with Gasteiger partial charge in [0.25, 0.3) is 11.1 Å². The molecule has 0 unspecified atom stereocenters. The second-order valence-corrected chi connectivity index (χ2v) is 7.08. The minimum Gasteiger partial charge on any atom is -0.383 e. The van der Waals surface area contributed by atoms with Gasteiger partial charge in [-0.2, -0.15) is 0 Å². The first kappa shape index (κ1) is 18.9. The summed E-state index contributed by atoms with van der Waals surface area (Å²) >= 11 is 1.33. The van der Waals surface area contributed by atoms with Crippen LogP contribution in [0.15, 0.2) is 25.8 Å². The van der Waals surface area contributed by atoms with Crippen molar-refractivity contribution in [3.05, 3.63) is 48.5 Å². The largest absolute Gasteiger partial charge is 0.383 e. The van der Waals surface area contributed by atoms with Gasteiger partial charge >= 0.3 is 5.69 Å². The fourth-order valence-corrected chi connectivity index (χ4v) is 3.67. The van der Waals surface area contributed by atoms with Crippen molar-refractivity contribution in [1.82, 2.24) is 19.5 Å². The van der Waals surface area contributed by atoms with Crippen LogP contribution in [0.2, 0.25) is 0 Å². The number of anilines is 2. The zero-order chi connectivity index (χ0) is 19.6. The molecule has 0 amide bonds. The standard InChI is InChI=1S/C17H22N6O3S/c1-3-5-7-23-14(18)12(15(24)21-17(23)26)22(4-2)9-11-19-10-6-8-27-13(10)16(25)20-11/h6,8H,3-5,7,9,18H2,1-2H3,(H,19,20,25)(H,21,24,26). The van der Waals surface area contributed by atoms with Crippen LogP contribution in [0.5, 0.6) is 0 Å². The number of thiophene rings is 1. The van der Waals surface area contributed by atoms with Gasteiger partial charge in [-0.15, -0.1) is 11.3 Å². The third-order valence-corrected chi connectivity index (χ3v) is 5.25. The Morgan fingerprint density at radius 1 is 1.22 bits per heavy atom. The Balaban J connectivity index is 2.03. The van der Waals surface area contributed by atoms with Gasteiger partial charge < -0.3 is 15.6 Å². The summed E-state index contributed by atoms with van der Waals surface area (Å²) in [6.07, 6.45) is 1.66. The average Bonchev–Trinajstić information content (AvgIpc) is 3.09. The van der Waals surface area contributed by atoms with Gasteiger partial charge in [-0.05, 0) is 24.8 Å². The molecular weight excluding hydrogens is 368 g/mol. The van der Waals surface area contributed by atoms with Crippen molar-refractivity contribution >= 4 is 33.1 Å². The number of rotatable bonds is 7. The summed E-state index contributed by atoms with van der Waals surface area (Å²) in [7, 11) is 0. The molecule has 0 bridgehead atoms. The average molecular weight is 390 g/mol. The van der Waals surface area contributed by atoms with Crippen molar-refractivity contribution in [2.24, 2.45) is 0 Å². The molecule has 0 radical (unpaired) electrons. The molecule has 3 aromatic rings. The van der Waals surface area contributed by atoms with E-state index in [-0.39, 0.29) is 23.6 Å². The number of nitrogens with one attached hydrogen (secondary N) is 2. The third kappa shape index (κ3) is 3.65. The lowest BCUT2D eigenvalue weighted by Crippen LogP contribution is -2.38. The second kappa shape index (κ2) is 7.78. The summed E-state index contributed by atoms with van der Waals surface area (Å²) < 4.78 is 1.94. The summed E-state index contributed by atoms with van der Waals surface area (Å²) in [6, 6.07) is 1.78. The Morgan fingerprint density at radius 3 is 2.70 bits per heavy atom. The maximum Gasteiger partial charge on any atom is 0.330 e. The quantitative estimate of drug-likeness (QED) is 0.556. The molecule has 0 fully saturated rings. The lowest BCUT2D eigenvalue weighted by molar-refractivity contribution is 0.602. The van der Waals surface area contributed by atoms with Gasteiger partial charge in [0.05, 0.1) is 12.1 Å². The minimum atomic E-state index is -0.550. The number of nitrogen functional groups attached to an aromatic ring is 1. The number of hydrogen-bond donors (Lipinski definition) is 3. The molecule has 0 aliphatic heterocycles. The van der Waals surface area contributed by atoms with Crippen molar-refractivity contribution < 1.29 is 0 Å². The highest BCUT2D eigenvalue weighted by Crippen LogP contribution is 2.19. The molecule has 3 heterocycles. The maximum absolute atomic E-state index is 12.4. The normalized spacial score (nSPS) is 11.2. The van der Waals surface area contributed by atoms with Crippen molar-refractivity contribution in [1.29, 1.82) is 0 Å². The van der Waals surface area contributed by atoms with Crippen LogP contribution in [-0.2, 0) is 13.1 Å². The van der Waals surface area contributed by atoms with Gasteiger partial charge in [0.2, 0.25) is 0 Å². The summed E-state index contributed by atoms with van der Waals surface area (Å²) in [4.78, 5) is 47.9. The van der Waals surface area contributed by atoms with Crippen molar-refractivity contribution in [3.63, 3.8) is 0 Å². The van der Waals surface area contributed by atoms with Crippen LogP contribution in [-0.4, -0.2) is 26.1 Å². The molecular formula is C17H22N6O3S. The summed E-state index contributed by atoms with van der Waals surface area (Å²) in [5.41, 5.74) is 5.72. The van der Waals surface area contributed by atoms with Crippen LogP contribution in [0.4, 0.5) is 11.5 Å². The van der Waals surface area contributed by atoms with Crippen LogP contribution in [0, 0.1) is 0 Å². The van der Waals surface area contributed by atoms with E-state index in [1.54, 1.807) is 16.3 Å². The fourth-order valence-electron chi connectivity index (χ4n) is 2.95. The van der Waals surface area contributed by atoms with E-state index in [0.717, 1.165) is 12.8 Å². The third-order valence-electron chi connectivity index (χ3n) is 4.35. The molecule has 0 aliphatic rings. The Labute approximate surface area is 158 Å². The Kier molecular flexibility index (Phi) is 5.45. The van der Waals surface area contributed by atoms with E-state index in [4.69, 9.17) is 5.73 Å². The van der Waals surface area contributed by atoms with Crippen LogP contribution < -0.4 is 27.4 Å². The highest BCUT2D eigenvalue weighted by molar-refractivity contribution is 7.17. The van der Waals surface area contributed by atoms with Gasteiger partial charge in [-0.1, -0.05) is 13.3 Å². The molecule has 3 aromatic heterocycles. The van der Waals surface area contributed by atoms with Gasteiger partial charge in [-0.25, -0.2) is 9.78 Å². The number of nitrogens with two attached hydrogens (primary N) is 1. The molecule has 10 heteroatoms. The molecule has 27 heavy (non-hydrogen) atoms. The fraction of sp³-hybridized carbons (Fsp3) is 0.412. The van der Waals surface area contributed by atoms with Gasteiger partial charge in [0.15, 0.2) is 0 Å². The van der Waals surface area contributed by atoms with Crippen LogP contribution in [0.3, 0.4) is 0 Å². The topological polar surface area (TPSA) is 130 Å². The first-order valence-corrected chi connectivity index (χ1v) is 9.68. The Morgan fingerprint density at radius 2 is 2.00 bits per heavy atom. The van der Waals surface area contributed by atoms with Crippen molar-refractivity contribution in [2.45, 2.75) is 39.8 Å². The number of aromatic amines is 2. The van der Waals surface area contributed by atoms with E-state index in [1.165, 1.54) is 15.9 Å². The van der Waals surface area contributed by atoms with E-state index in [0.29, 0.717) is 29.1 Å². The predicted octanol–water partition coefficient (Wildman–Crippen LogP) is 1.24. The number of hydrogen-bond acceptors (Lipinski definition) is 7. The van der Waals surface area contributed by atoms with E-state index >= 15 is 0 Å². The highest BCUT2D eigenvalue weighted by Gasteiger charge is 2.19. The molecule has 3 rings (SSSR count). The molecule has 0 saturated carbocycles. The van der Waals surface area contributed by atoms with Gasteiger partial charge in [0.1, 0.15) is 22.0 Å². The first-order chi connectivity index (χ1) is 13.0. The van der Waals surface area contributed by atoms with Crippen LogP contribution in [0.1, 0.15) is 32.5 Å². The monoisotopic (exact) mass is 390 g/mol. The van der Waals surface area contributed by atoms with Gasteiger partial charge in [0, 0.05) is 13.1 Å². The highest BCUT2D eigenvalue weighted by atomic mass is 32.1. The smallest absolute Gasteiger partial charge is 0.330 e. The van der Waals surface area contributed by atoms with Crippen LogP contribution in [0.25, 0.3) is 10.2 Å². The molecule has 0 aromatic carbocycles. The summed E-state index contributed by atoms with van der Waals surface area (Å²) in [6.45, 7) is 4.94. The maximum atomic E-state index is 12.4. The van der Waals surface area contributed by atoms with E-state index in [9.17, 15) is 14.4 Å². The number of unbranched alkanes of at least 4 members (excludes halogenated alkanes) is 1. The van der Waals surface area contributed by atoms with Crippen molar-refractivity contribution in [3.8, 4) is 0 Å². The molecule has 0 atom stereocenters.